The first-order valence-electron chi connectivity index (χ1n) is 2.57. The molecule has 0 aliphatic heterocycles. The second-order valence-electron chi connectivity index (χ2n) is 1.68. The Kier molecular flexibility index (Phi) is 3.61. The number of allylic oxidation sites excluding steroid dienone is 1. The van der Waals surface area contributed by atoms with E-state index < -0.39 is 0 Å². The van der Waals surface area contributed by atoms with Gasteiger partial charge in [-0.1, -0.05) is 12.5 Å². The Morgan fingerprint density at radius 3 is 2.38 bits per heavy atom. The van der Waals surface area contributed by atoms with Crippen molar-refractivity contribution >= 4 is 17.7 Å². The van der Waals surface area contributed by atoms with E-state index in [0.29, 0.717) is 0 Å². The zero-order chi connectivity index (χ0) is 6.57. The SMILES string of the molecule is CC/C(C)=C/C(=O)S. The first-order chi connectivity index (χ1) is 3.66. The molecule has 0 aromatic rings. The summed E-state index contributed by atoms with van der Waals surface area (Å²) in [5, 5.41) is -0.163. The van der Waals surface area contributed by atoms with Crippen molar-refractivity contribution in [2.75, 3.05) is 0 Å². The lowest BCUT2D eigenvalue weighted by Gasteiger charge is -1.87. The summed E-state index contributed by atoms with van der Waals surface area (Å²) in [4.78, 5) is 10.2. The van der Waals surface area contributed by atoms with Gasteiger partial charge >= 0.3 is 0 Å². The molecule has 2 heteroatoms. The van der Waals surface area contributed by atoms with E-state index in [0.717, 1.165) is 12.0 Å². The number of rotatable bonds is 2. The Balaban J connectivity index is 3.75. The van der Waals surface area contributed by atoms with Gasteiger partial charge in [0.05, 0.1) is 0 Å². The highest BCUT2D eigenvalue weighted by molar-refractivity contribution is 7.97. The average molecular weight is 130 g/mol. The molecule has 8 heavy (non-hydrogen) atoms. The lowest BCUT2D eigenvalue weighted by molar-refractivity contribution is -0.106. The number of carbonyl (C=O) groups excluding carboxylic acids is 1. The second-order valence-corrected chi connectivity index (χ2v) is 2.12. The van der Waals surface area contributed by atoms with Crippen molar-refractivity contribution in [1.82, 2.24) is 0 Å². The van der Waals surface area contributed by atoms with Crippen molar-refractivity contribution < 1.29 is 4.79 Å². The molecular formula is C6H10OS. The predicted molar refractivity (Wildman–Crippen MR) is 38.0 cm³/mol. The van der Waals surface area contributed by atoms with Gasteiger partial charge in [0.15, 0.2) is 0 Å². The van der Waals surface area contributed by atoms with Gasteiger partial charge in [-0.15, -0.1) is 12.6 Å². The average Bonchev–Trinajstić information content (AvgIpc) is 1.65. The number of carbonyl (C=O) groups is 1. The van der Waals surface area contributed by atoms with Gasteiger partial charge in [-0.3, -0.25) is 4.79 Å². The highest BCUT2D eigenvalue weighted by Crippen LogP contribution is 1.98. The van der Waals surface area contributed by atoms with Gasteiger partial charge < -0.3 is 0 Å². The molecule has 0 N–H and O–H groups in total. The molecule has 0 fully saturated rings. The molecule has 0 amide bonds. The minimum atomic E-state index is -0.163. The van der Waals surface area contributed by atoms with Crippen LogP contribution in [0.15, 0.2) is 11.6 Å². The quantitative estimate of drug-likeness (QED) is 0.445. The normalized spacial score (nSPS) is 11.6. The molecule has 0 saturated carbocycles. The van der Waals surface area contributed by atoms with Crippen LogP contribution < -0.4 is 0 Å². The molecular weight excluding hydrogens is 120 g/mol. The zero-order valence-corrected chi connectivity index (χ0v) is 6.03. The van der Waals surface area contributed by atoms with E-state index >= 15 is 0 Å². The first kappa shape index (κ1) is 7.76. The fraction of sp³-hybridized carbons (Fsp3) is 0.500. The van der Waals surface area contributed by atoms with E-state index in [2.05, 4.69) is 12.6 Å². The molecule has 0 spiro atoms. The third kappa shape index (κ3) is 3.93. The van der Waals surface area contributed by atoms with Crippen LogP contribution in [0.25, 0.3) is 0 Å². The van der Waals surface area contributed by atoms with Gasteiger partial charge in [0.1, 0.15) is 0 Å². The van der Waals surface area contributed by atoms with Crippen LogP contribution in [-0.2, 0) is 4.79 Å². The van der Waals surface area contributed by atoms with Crippen LogP contribution >= 0.6 is 12.6 Å². The minimum absolute atomic E-state index is 0.163. The summed E-state index contributed by atoms with van der Waals surface area (Å²) in [7, 11) is 0. The Morgan fingerprint density at radius 1 is 1.75 bits per heavy atom. The lowest BCUT2D eigenvalue weighted by atomic mass is 10.2. The summed E-state index contributed by atoms with van der Waals surface area (Å²) in [6.07, 6.45) is 2.45. The third-order valence-corrected chi connectivity index (χ3v) is 1.06. The zero-order valence-electron chi connectivity index (χ0n) is 5.14. The molecule has 0 rings (SSSR count). The van der Waals surface area contributed by atoms with E-state index in [1.165, 1.54) is 6.08 Å². The molecule has 0 aromatic carbocycles. The summed E-state index contributed by atoms with van der Waals surface area (Å²) in [5.74, 6) is 0. The molecule has 0 aliphatic rings. The number of thiol groups is 1. The maximum Gasteiger partial charge on any atom is 0.209 e. The summed E-state index contributed by atoms with van der Waals surface area (Å²) >= 11 is 3.58. The highest BCUT2D eigenvalue weighted by atomic mass is 32.1. The minimum Gasteiger partial charge on any atom is -0.283 e. The monoisotopic (exact) mass is 130 g/mol. The number of hydrogen-bond donors (Lipinski definition) is 1. The molecule has 0 radical (unpaired) electrons. The highest BCUT2D eigenvalue weighted by Gasteiger charge is 1.86. The van der Waals surface area contributed by atoms with E-state index in [9.17, 15) is 4.79 Å². The van der Waals surface area contributed by atoms with Crippen LogP contribution in [0.2, 0.25) is 0 Å². The van der Waals surface area contributed by atoms with Crippen LogP contribution in [0, 0.1) is 0 Å². The van der Waals surface area contributed by atoms with Crippen LogP contribution in [0.5, 0.6) is 0 Å². The third-order valence-electron chi connectivity index (χ3n) is 0.928. The van der Waals surface area contributed by atoms with E-state index in [1.54, 1.807) is 0 Å². The fourth-order valence-corrected chi connectivity index (χ4v) is 0.533. The van der Waals surface area contributed by atoms with Crippen molar-refractivity contribution in [1.29, 1.82) is 0 Å². The van der Waals surface area contributed by atoms with Gasteiger partial charge in [-0.25, -0.2) is 0 Å². The van der Waals surface area contributed by atoms with Crippen LogP contribution in [0.3, 0.4) is 0 Å². The molecule has 0 unspecified atom stereocenters. The largest absolute Gasteiger partial charge is 0.283 e. The van der Waals surface area contributed by atoms with Crippen molar-refractivity contribution in [3.05, 3.63) is 11.6 Å². The van der Waals surface area contributed by atoms with Gasteiger partial charge in [-0.05, 0) is 19.4 Å². The summed E-state index contributed by atoms with van der Waals surface area (Å²) in [6, 6.07) is 0. The Morgan fingerprint density at radius 2 is 2.25 bits per heavy atom. The fourth-order valence-electron chi connectivity index (χ4n) is 0.313. The van der Waals surface area contributed by atoms with Crippen LogP contribution in [0.1, 0.15) is 20.3 Å². The Labute approximate surface area is 55.2 Å². The van der Waals surface area contributed by atoms with Crippen molar-refractivity contribution in [2.24, 2.45) is 0 Å². The maximum absolute atomic E-state index is 10.2. The molecule has 0 saturated heterocycles. The summed E-state index contributed by atoms with van der Waals surface area (Å²) in [6.45, 7) is 3.91. The molecule has 46 valence electrons. The van der Waals surface area contributed by atoms with Crippen molar-refractivity contribution in [3.8, 4) is 0 Å². The van der Waals surface area contributed by atoms with Gasteiger partial charge in [0.25, 0.3) is 0 Å². The molecule has 0 heterocycles. The Hall–Kier alpha value is -0.240. The smallest absolute Gasteiger partial charge is 0.209 e. The summed E-state index contributed by atoms with van der Waals surface area (Å²) < 4.78 is 0. The van der Waals surface area contributed by atoms with Gasteiger partial charge in [-0.2, -0.15) is 0 Å². The van der Waals surface area contributed by atoms with Gasteiger partial charge in [0, 0.05) is 0 Å². The van der Waals surface area contributed by atoms with Gasteiger partial charge in [0.2, 0.25) is 5.12 Å². The molecule has 0 atom stereocenters. The first-order valence-corrected chi connectivity index (χ1v) is 3.01. The predicted octanol–water partition coefficient (Wildman–Crippen LogP) is 1.80. The van der Waals surface area contributed by atoms with E-state index in [-0.39, 0.29) is 5.12 Å². The second kappa shape index (κ2) is 3.72. The molecule has 1 nitrogen and oxygen atoms in total. The van der Waals surface area contributed by atoms with Crippen molar-refractivity contribution in [2.45, 2.75) is 20.3 Å². The number of hydrogen-bond acceptors (Lipinski definition) is 1. The van der Waals surface area contributed by atoms with Crippen LogP contribution in [-0.4, -0.2) is 5.12 Å². The van der Waals surface area contributed by atoms with Crippen LogP contribution in [0.4, 0.5) is 0 Å². The Bertz CT molecular complexity index is 116. The summed E-state index contributed by atoms with van der Waals surface area (Å²) in [5.41, 5.74) is 1.07. The topological polar surface area (TPSA) is 17.1 Å². The lowest BCUT2D eigenvalue weighted by Crippen LogP contribution is -1.79. The molecule has 0 bridgehead atoms. The van der Waals surface area contributed by atoms with E-state index in [4.69, 9.17) is 0 Å². The standard InChI is InChI=1S/C6H10OS/c1-3-5(2)4-6(7)8/h4H,3H2,1-2H3,(H,7,8)/b5-4+. The molecule has 0 aromatic heterocycles. The molecule has 0 aliphatic carbocycles. The van der Waals surface area contributed by atoms with E-state index in [1.807, 2.05) is 13.8 Å². The maximum atomic E-state index is 10.2. The van der Waals surface area contributed by atoms with Crippen molar-refractivity contribution in [3.63, 3.8) is 0 Å².